The highest BCUT2D eigenvalue weighted by Crippen LogP contribution is 2.49. The molecule has 1 aromatic rings. The van der Waals surface area contributed by atoms with Crippen molar-refractivity contribution in [3.8, 4) is 0 Å². The van der Waals surface area contributed by atoms with Gasteiger partial charge in [-0.25, -0.2) is 0 Å². The number of carbonyl (C=O) groups is 1. The second-order valence-corrected chi connectivity index (χ2v) is 6.46. The Morgan fingerprint density at radius 2 is 1.76 bits per heavy atom. The summed E-state index contributed by atoms with van der Waals surface area (Å²) in [6.07, 6.45) is 3.58. The molecule has 0 aromatic heterocycles. The minimum Gasteiger partial charge on any atom is -0.462 e. The molecule has 2 fully saturated rings. The summed E-state index contributed by atoms with van der Waals surface area (Å²) >= 11 is 0. The molecular weight excluding hydrogens is 266 g/mol. The summed E-state index contributed by atoms with van der Waals surface area (Å²) in [7, 11) is 0. The lowest BCUT2D eigenvalue weighted by Crippen LogP contribution is -2.37. The third-order valence-corrected chi connectivity index (χ3v) is 4.53. The largest absolute Gasteiger partial charge is 0.462 e. The minimum atomic E-state index is -0.432. The van der Waals surface area contributed by atoms with Crippen LogP contribution in [0.25, 0.3) is 0 Å². The topological polar surface area (TPSA) is 61.5 Å². The lowest BCUT2D eigenvalue weighted by Gasteiger charge is -2.32. The van der Waals surface area contributed by atoms with Crippen molar-refractivity contribution in [1.82, 2.24) is 0 Å². The third kappa shape index (κ3) is 2.91. The van der Waals surface area contributed by atoms with E-state index in [2.05, 4.69) is 0 Å². The average molecular weight is 289 g/mol. The Balaban J connectivity index is 1.69. The van der Waals surface area contributed by atoms with Gasteiger partial charge in [0.1, 0.15) is 6.10 Å². The zero-order valence-electron chi connectivity index (χ0n) is 12.7. The molecule has 0 bridgehead atoms. The fraction of sp³-hybridized carbons (Fsp3) is 0.588. The van der Waals surface area contributed by atoms with Gasteiger partial charge in [-0.2, -0.15) is 0 Å². The van der Waals surface area contributed by atoms with E-state index < -0.39 is 5.41 Å². The molecule has 2 atom stereocenters. The predicted octanol–water partition coefficient (Wildman–Crippen LogP) is 2.80. The van der Waals surface area contributed by atoms with E-state index in [0.29, 0.717) is 0 Å². The van der Waals surface area contributed by atoms with E-state index in [9.17, 15) is 4.79 Å². The standard InChI is InChI=1S/C17H23NO3/c1-11-9-15(10-12(2)20-11)21-16(19)17(7-8-17)13-3-5-14(18)6-4-13/h3-6,11-12,15H,7-10,18H2,1-2H3. The summed E-state index contributed by atoms with van der Waals surface area (Å²) in [4.78, 5) is 12.6. The molecule has 2 unspecified atom stereocenters. The maximum Gasteiger partial charge on any atom is 0.316 e. The first kappa shape index (κ1) is 14.4. The van der Waals surface area contributed by atoms with Gasteiger partial charge in [0.25, 0.3) is 0 Å². The van der Waals surface area contributed by atoms with Crippen LogP contribution in [0.5, 0.6) is 0 Å². The van der Waals surface area contributed by atoms with Crippen molar-refractivity contribution in [1.29, 1.82) is 0 Å². The van der Waals surface area contributed by atoms with Gasteiger partial charge >= 0.3 is 5.97 Å². The Morgan fingerprint density at radius 3 is 2.29 bits per heavy atom. The van der Waals surface area contributed by atoms with Crippen molar-refractivity contribution in [3.63, 3.8) is 0 Å². The molecule has 114 valence electrons. The van der Waals surface area contributed by atoms with Crippen LogP contribution in [0.4, 0.5) is 5.69 Å². The van der Waals surface area contributed by atoms with Crippen LogP contribution in [0.2, 0.25) is 0 Å². The van der Waals surface area contributed by atoms with E-state index in [1.807, 2.05) is 38.1 Å². The Kier molecular flexibility index (Phi) is 3.66. The van der Waals surface area contributed by atoms with Gasteiger partial charge < -0.3 is 15.2 Å². The molecule has 1 aliphatic heterocycles. The lowest BCUT2D eigenvalue weighted by atomic mass is 9.95. The smallest absolute Gasteiger partial charge is 0.316 e. The van der Waals surface area contributed by atoms with Gasteiger partial charge in [0.15, 0.2) is 0 Å². The molecule has 1 aromatic carbocycles. The number of ether oxygens (including phenoxy) is 2. The predicted molar refractivity (Wildman–Crippen MR) is 80.9 cm³/mol. The van der Waals surface area contributed by atoms with Crippen molar-refractivity contribution >= 4 is 11.7 Å². The molecule has 3 rings (SSSR count). The van der Waals surface area contributed by atoms with Gasteiger partial charge in [-0.15, -0.1) is 0 Å². The van der Waals surface area contributed by atoms with Crippen molar-refractivity contribution in [3.05, 3.63) is 29.8 Å². The molecule has 1 saturated heterocycles. The maximum atomic E-state index is 12.6. The first-order valence-corrected chi connectivity index (χ1v) is 7.72. The van der Waals surface area contributed by atoms with Crippen LogP contribution in [0, 0.1) is 0 Å². The van der Waals surface area contributed by atoms with Crippen LogP contribution in [0.1, 0.15) is 45.1 Å². The summed E-state index contributed by atoms with van der Waals surface area (Å²) in [5, 5.41) is 0. The molecule has 0 spiro atoms. The normalized spacial score (nSPS) is 30.7. The zero-order chi connectivity index (χ0) is 15.0. The van der Waals surface area contributed by atoms with Crippen LogP contribution in [0.3, 0.4) is 0 Å². The minimum absolute atomic E-state index is 0.0255. The molecule has 1 aliphatic carbocycles. The van der Waals surface area contributed by atoms with Gasteiger partial charge in [0, 0.05) is 18.5 Å². The van der Waals surface area contributed by atoms with Crippen LogP contribution in [-0.2, 0) is 19.7 Å². The van der Waals surface area contributed by atoms with Gasteiger partial charge in [0.2, 0.25) is 0 Å². The number of benzene rings is 1. The fourth-order valence-electron chi connectivity index (χ4n) is 3.24. The Labute approximate surface area is 125 Å². The van der Waals surface area contributed by atoms with Gasteiger partial charge in [-0.3, -0.25) is 4.79 Å². The Bertz CT molecular complexity index is 511. The van der Waals surface area contributed by atoms with Crippen molar-refractivity contribution < 1.29 is 14.3 Å². The van der Waals surface area contributed by atoms with Gasteiger partial charge in [-0.1, -0.05) is 12.1 Å². The number of rotatable bonds is 3. The van der Waals surface area contributed by atoms with Crippen molar-refractivity contribution in [2.45, 2.75) is 63.3 Å². The molecule has 2 N–H and O–H groups in total. The number of nitrogen functional groups attached to an aromatic ring is 1. The van der Waals surface area contributed by atoms with Crippen LogP contribution >= 0.6 is 0 Å². The monoisotopic (exact) mass is 289 g/mol. The zero-order valence-corrected chi connectivity index (χ0v) is 12.7. The summed E-state index contributed by atoms with van der Waals surface area (Å²) in [6.45, 7) is 4.06. The quantitative estimate of drug-likeness (QED) is 0.686. The van der Waals surface area contributed by atoms with E-state index in [-0.39, 0.29) is 24.3 Å². The van der Waals surface area contributed by atoms with Crippen LogP contribution in [0.15, 0.2) is 24.3 Å². The summed E-state index contributed by atoms with van der Waals surface area (Å²) in [5.74, 6) is -0.0847. The number of anilines is 1. The molecular formula is C17H23NO3. The summed E-state index contributed by atoms with van der Waals surface area (Å²) < 4.78 is 11.5. The molecule has 0 radical (unpaired) electrons. The van der Waals surface area contributed by atoms with E-state index in [1.165, 1.54) is 0 Å². The summed E-state index contributed by atoms with van der Waals surface area (Å²) in [5.41, 5.74) is 7.02. The van der Waals surface area contributed by atoms with Gasteiger partial charge in [-0.05, 0) is 44.4 Å². The van der Waals surface area contributed by atoms with Crippen molar-refractivity contribution in [2.24, 2.45) is 0 Å². The van der Waals surface area contributed by atoms with E-state index >= 15 is 0 Å². The summed E-state index contributed by atoms with van der Waals surface area (Å²) in [6, 6.07) is 7.58. The van der Waals surface area contributed by atoms with Crippen LogP contribution in [-0.4, -0.2) is 24.3 Å². The highest BCUT2D eigenvalue weighted by molar-refractivity contribution is 5.86. The van der Waals surface area contributed by atoms with Crippen molar-refractivity contribution in [2.75, 3.05) is 5.73 Å². The molecule has 21 heavy (non-hydrogen) atoms. The number of hydrogen-bond donors (Lipinski definition) is 1. The molecule has 4 nitrogen and oxygen atoms in total. The molecule has 1 heterocycles. The fourth-order valence-corrected chi connectivity index (χ4v) is 3.24. The second-order valence-electron chi connectivity index (χ2n) is 6.46. The molecule has 1 saturated carbocycles. The lowest BCUT2D eigenvalue weighted by molar-refractivity contribution is -0.162. The second kappa shape index (κ2) is 5.34. The van der Waals surface area contributed by atoms with E-state index in [4.69, 9.17) is 15.2 Å². The van der Waals surface area contributed by atoms with Crippen LogP contribution < -0.4 is 5.73 Å². The first-order valence-electron chi connectivity index (χ1n) is 7.72. The number of nitrogens with two attached hydrogens (primary N) is 1. The Morgan fingerprint density at radius 1 is 1.19 bits per heavy atom. The highest BCUT2D eigenvalue weighted by Gasteiger charge is 2.53. The number of esters is 1. The average Bonchev–Trinajstić information content (AvgIpc) is 3.19. The third-order valence-electron chi connectivity index (χ3n) is 4.53. The maximum absolute atomic E-state index is 12.6. The molecule has 0 amide bonds. The first-order chi connectivity index (χ1) is 9.99. The molecule has 4 heteroatoms. The highest BCUT2D eigenvalue weighted by atomic mass is 16.6. The number of carbonyl (C=O) groups excluding carboxylic acids is 1. The Hall–Kier alpha value is -1.55. The number of hydrogen-bond acceptors (Lipinski definition) is 4. The van der Waals surface area contributed by atoms with E-state index in [0.717, 1.165) is 36.9 Å². The van der Waals surface area contributed by atoms with E-state index in [1.54, 1.807) is 0 Å². The van der Waals surface area contributed by atoms with Gasteiger partial charge in [0.05, 0.1) is 17.6 Å². The SMILES string of the molecule is CC1CC(OC(=O)C2(c3ccc(N)cc3)CC2)CC(C)O1. The molecule has 2 aliphatic rings.